The summed E-state index contributed by atoms with van der Waals surface area (Å²) in [4.78, 5) is 43.4. The minimum Gasteiger partial charge on any atom is -0.355 e. The van der Waals surface area contributed by atoms with Crippen LogP contribution in [0.25, 0.3) is 0 Å². The summed E-state index contributed by atoms with van der Waals surface area (Å²) in [7, 11) is 1.46. The highest BCUT2D eigenvalue weighted by molar-refractivity contribution is 6.04. The first-order valence-electron chi connectivity index (χ1n) is 11.8. The third-order valence-corrected chi connectivity index (χ3v) is 7.87. The van der Waals surface area contributed by atoms with Crippen molar-refractivity contribution in [1.82, 2.24) is 15.1 Å². The second kappa shape index (κ2) is 9.58. The Bertz CT molecular complexity index is 938. The van der Waals surface area contributed by atoms with E-state index in [4.69, 9.17) is 0 Å². The van der Waals surface area contributed by atoms with Gasteiger partial charge < -0.3 is 15.1 Å². The van der Waals surface area contributed by atoms with E-state index in [1.807, 2.05) is 4.90 Å². The number of rotatable bonds is 4. The molecule has 4 aliphatic rings. The molecule has 1 aromatic carbocycles. The number of benzene rings is 1. The quantitative estimate of drug-likeness (QED) is 0.720. The van der Waals surface area contributed by atoms with Gasteiger partial charge in [-0.2, -0.15) is 0 Å². The first-order chi connectivity index (χ1) is 15.4. The molecule has 5 rings (SSSR count). The molecule has 0 bridgehead atoms. The molecule has 2 atom stereocenters. The van der Waals surface area contributed by atoms with E-state index in [0.29, 0.717) is 29.6 Å². The number of carbonyl (C=O) groups is 3. The van der Waals surface area contributed by atoms with Gasteiger partial charge in [-0.25, -0.2) is 4.39 Å². The Morgan fingerprint density at radius 2 is 1.76 bits per heavy atom. The summed E-state index contributed by atoms with van der Waals surface area (Å²) in [6.45, 7) is 3.77. The largest absolute Gasteiger partial charge is 0.355 e. The summed E-state index contributed by atoms with van der Waals surface area (Å²) in [6.07, 6.45) is 5.52. The fourth-order valence-corrected chi connectivity index (χ4v) is 6.13. The second-order valence-electron chi connectivity index (χ2n) is 9.74. The van der Waals surface area contributed by atoms with Crippen LogP contribution in [0.1, 0.15) is 48.0 Å². The summed E-state index contributed by atoms with van der Waals surface area (Å²) < 4.78 is 14.5. The molecule has 0 aromatic heterocycles. The van der Waals surface area contributed by atoms with E-state index >= 15 is 0 Å². The fourth-order valence-electron chi connectivity index (χ4n) is 6.13. The third-order valence-electron chi connectivity index (χ3n) is 7.87. The van der Waals surface area contributed by atoms with Gasteiger partial charge >= 0.3 is 0 Å². The average Bonchev–Trinajstić information content (AvgIpc) is 3.46. The van der Waals surface area contributed by atoms with Crippen LogP contribution in [0, 0.1) is 17.7 Å². The lowest BCUT2D eigenvalue weighted by atomic mass is 10.0. The van der Waals surface area contributed by atoms with Crippen LogP contribution in [0.4, 0.5) is 10.1 Å². The molecule has 3 heterocycles. The van der Waals surface area contributed by atoms with Crippen molar-refractivity contribution in [2.75, 3.05) is 44.7 Å². The first kappa shape index (κ1) is 24.0. The summed E-state index contributed by atoms with van der Waals surface area (Å²) in [5.41, 5.74) is 1.26. The lowest BCUT2D eigenvalue weighted by molar-refractivity contribution is -0.132. The molecule has 0 radical (unpaired) electrons. The smallest absolute Gasteiger partial charge is 0.254 e. The van der Waals surface area contributed by atoms with E-state index in [9.17, 15) is 18.8 Å². The van der Waals surface area contributed by atoms with Gasteiger partial charge in [-0.05, 0) is 55.2 Å². The van der Waals surface area contributed by atoms with Crippen molar-refractivity contribution in [3.05, 3.63) is 29.1 Å². The van der Waals surface area contributed by atoms with Crippen molar-refractivity contribution < 1.29 is 18.8 Å². The minimum atomic E-state index is -0.610. The van der Waals surface area contributed by atoms with Crippen LogP contribution < -0.4 is 10.2 Å². The molecule has 33 heavy (non-hydrogen) atoms. The maximum Gasteiger partial charge on any atom is 0.254 e. The van der Waals surface area contributed by atoms with Crippen LogP contribution >= 0.6 is 12.4 Å². The molecule has 9 heteroatoms. The molecule has 0 unspecified atom stereocenters. The highest BCUT2D eigenvalue weighted by Crippen LogP contribution is 2.38. The van der Waals surface area contributed by atoms with Crippen LogP contribution in [-0.4, -0.2) is 73.3 Å². The maximum absolute atomic E-state index is 14.5. The number of nitrogens with zero attached hydrogens (tertiary/aromatic N) is 3. The lowest BCUT2D eigenvalue weighted by Gasteiger charge is -2.37. The third kappa shape index (κ3) is 4.47. The van der Waals surface area contributed by atoms with Crippen LogP contribution in [0.3, 0.4) is 0 Å². The molecule has 3 fully saturated rings. The Hall–Kier alpha value is -2.19. The molecule has 0 spiro atoms. The standard InChI is InChI=1S/C24H31FN4O3.ClH/c1-26-24(32)19-9-17-10-22(30)29(21(17)11-20(19)25)18-5-7-27(8-6-18)14-23(31)28-12-15-3-2-4-16(15)13-28;/h9,11,15-16,18H,2-8,10,12-14H2,1H3,(H,26,32);1H/t15-,16+;. The molecule has 2 saturated heterocycles. The maximum atomic E-state index is 14.5. The highest BCUT2D eigenvalue weighted by Gasteiger charge is 2.39. The zero-order valence-electron chi connectivity index (χ0n) is 19.0. The van der Waals surface area contributed by atoms with E-state index in [0.717, 1.165) is 39.0 Å². The van der Waals surface area contributed by atoms with E-state index in [1.54, 1.807) is 4.90 Å². The number of halogens is 2. The molecule has 1 saturated carbocycles. The van der Waals surface area contributed by atoms with E-state index in [2.05, 4.69) is 10.2 Å². The Balaban J connectivity index is 0.00000259. The molecule has 1 aromatic rings. The zero-order chi connectivity index (χ0) is 22.4. The topological polar surface area (TPSA) is 73.0 Å². The van der Waals surface area contributed by atoms with Gasteiger partial charge in [-0.1, -0.05) is 6.42 Å². The lowest BCUT2D eigenvalue weighted by Crippen LogP contribution is -2.49. The van der Waals surface area contributed by atoms with Gasteiger partial charge in [0.15, 0.2) is 0 Å². The van der Waals surface area contributed by atoms with Crippen molar-refractivity contribution >= 4 is 35.8 Å². The molecular weight excluding hydrogens is 447 g/mol. The number of likely N-dealkylation sites (tertiary alicyclic amines) is 2. The number of anilines is 1. The predicted octanol–water partition coefficient (Wildman–Crippen LogP) is 2.22. The number of carbonyl (C=O) groups excluding carboxylic acids is 3. The number of amides is 3. The van der Waals surface area contributed by atoms with Crippen molar-refractivity contribution in [2.24, 2.45) is 11.8 Å². The Kier molecular flexibility index (Phi) is 6.96. The normalized spacial score (nSPS) is 25.1. The van der Waals surface area contributed by atoms with Crippen molar-refractivity contribution in [3.8, 4) is 0 Å². The van der Waals surface area contributed by atoms with E-state index in [-0.39, 0.29) is 42.2 Å². The molecule has 1 N–H and O–H groups in total. The van der Waals surface area contributed by atoms with Gasteiger partial charge in [0.1, 0.15) is 5.82 Å². The number of hydrogen-bond acceptors (Lipinski definition) is 4. The van der Waals surface area contributed by atoms with Gasteiger partial charge in [0.25, 0.3) is 5.91 Å². The molecule has 7 nitrogen and oxygen atoms in total. The van der Waals surface area contributed by atoms with Crippen molar-refractivity contribution in [2.45, 2.75) is 44.6 Å². The van der Waals surface area contributed by atoms with Crippen LogP contribution in [0.5, 0.6) is 0 Å². The van der Waals surface area contributed by atoms with Gasteiger partial charge in [-0.3, -0.25) is 19.3 Å². The molecule has 3 aliphatic heterocycles. The van der Waals surface area contributed by atoms with Gasteiger partial charge in [0.05, 0.1) is 24.2 Å². The molecule has 1 aliphatic carbocycles. The van der Waals surface area contributed by atoms with Gasteiger partial charge in [0, 0.05) is 39.3 Å². The zero-order valence-corrected chi connectivity index (χ0v) is 19.8. The number of nitrogens with one attached hydrogen (secondary N) is 1. The molecule has 180 valence electrons. The molecule has 3 amide bonds. The SMILES string of the molecule is CNC(=O)c1cc2c(cc1F)N(C1CCN(CC(=O)N3C[C@H]4CCC[C@H]4C3)CC1)C(=O)C2.Cl. The first-order valence-corrected chi connectivity index (χ1v) is 11.8. The summed E-state index contributed by atoms with van der Waals surface area (Å²) >= 11 is 0. The summed E-state index contributed by atoms with van der Waals surface area (Å²) in [5, 5.41) is 2.44. The Labute approximate surface area is 200 Å². The average molecular weight is 479 g/mol. The number of hydrogen-bond donors (Lipinski definition) is 1. The van der Waals surface area contributed by atoms with Crippen LogP contribution in [0.2, 0.25) is 0 Å². The van der Waals surface area contributed by atoms with Gasteiger partial charge in [-0.15, -0.1) is 12.4 Å². The monoisotopic (exact) mass is 478 g/mol. The minimum absolute atomic E-state index is 0. The number of fused-ring (bicyclic) bond motifs is 2. The van der Waals surface area contributed by atoms with Crippen molar-refractivity contribution in [1.29, 1.82) is 0 Å². The Morgan fingerprint density at radius 1 is 1.09 bits per heavy atom. The van der Waals surface area contributed by atoms with E-state index in [1.165, 1.54) is 38.4 Å². The van der Waals surface area contributed by atoms with Crippen molar-refractivity contribution in [3.63, 3.8) is 0 Å². The molecular formula is C24H32ClFN4O3. The van der Waals surface area contributed by atoms with Crippen LogP contribution in [0.15, 0.2) is 12.1 Å². The van der Waals surface area contributed by atoms with Gasteiger partial charge in [0.2, 0.25) is 11.8 Å². The summed E-state index contributed by atoms with van der Waals surface area (Å²) in [6, 6.07) is 2.82. The Morgan fingerprint density at radius 3 is 2.39 bits per heavy atom. The number of piperidine rings is 1. The van der Waals surface area contributed by atoms with Crippen LogP contribution in [-0.2, 0) is 16.0 Å². The van der Waals surface area contributed by atoms with E-state index < -0.39 is 11.7 Å². The fraction of sp³-hybridized carbons (Fsp3) is 0.625. The summed E-state index contributed by atoms with van der Waals surface area (Å²) in [5.74, 6) is 0.485. The highest BCUT2D eigenvalue weighted by atomic mass is 35.5. The predicted molar refractivity (Wildman–Crippen MR) is 125 cm³/mol. The second-order valence-corrected chi connectivity index (χ2v) is 9.74.